The molecular weight excluding hydrogens is 412 g/mol. The van der Waals surface area contributed by atoms with Crippen LogP contribution in [0.1, 0.15) is 38.2 Å². The van der Waals surface area contributed by atoms with Crippen LogP contribution >= 0.6 is 0 Å². The number of aryl methyl sites for hydroxylation is 2. The lowest BCUT2D eigenvalue weighted by molar-refractivity contribution is 0.0535. The van der Waals surface area contributed by atoms with E-state index in [1.807, 2.05) is 38.1 Å². The fourth-order valence-electron chi connectivity index (χ4n) is 3.67. The second kappa shape index (κ2) is 7.89. The van der Waals surface area contributed by atoms with E-state index in [9.17, 15) is 18.5 Å². The molecule has 0 N–H and O–H groups in total. The average molecular weight is 433 g/mol. The van der Waals surface area contributed by atoms with E-state index in [0.29, 0.717) is 11.3 Å². The maximum absolute atomic E-state index is 13.7. The van der Waals surface area contributed by atoms with Crippen LogP contribution in [0, 0.1) is 25.2 Å². The van der Waals surface area contributed by atoms with Crippen molar-refractivity contribution < 1.29 is 17.9 Å². The summed E-state index contributed by atoms with van der Waals surface area (Å²) in [6, 6.07) is 18.7. The monoisotopic (exact) mass is 432 g/mol. The van der Waals surface area contributed by atoms with Gasteiger partial charge in [0.05, 0.1) is 34.3 Å². The number of cyclic esters (lactones) is 1. The highest BCUT2D eigenvalue weighted by atomic mass is 32.2. The maximum Gasteiger partial charge on any atom is 0.338 e. The molecule has 0 amide bonds. The molecule has 1 aliphatic heterocycles. The number of anilines is 1. The van der Waals surface area contributed by atoms with E-state index in [2.05, 4.69) is 0 Å². The summed E-state index contributed by atoms with van der Waals surface area (Å²) < 4.78 is 33.8. The van der Waals surface area contributed by atoms with Crippen LogP contribution < -0.4 is 4.31 Å². The fraction of sp³-hybridized carbons (Fsp3) is 0.167. The summed E-state index contributed by atoms with van der Waals surface area (Å²) in [5, 5.41) is 9.22. The van der Waals surface area contributed by atoms with Gasteiger partial charge in [0.15, 0.2) is 0 Å². The molecule has 0 saturated heterocycles. The molecule has 31 heavy (non-hydrogen) atoms. The highest BCUT2D eigenvalue weighted by molar-refractivity contribution is 7.92. The Morgan fingerprint density at radius 2 is 1.74 bits per heavy atom. The van der Waals surface area contributed by atoms with Crippen LogP contribution in [0.3, 0.4) is 0 Å². The lowest BCUT2D eigenvalue weighted by Gasteiger charge is -2.26. The van der Waals surface area contributed by atoms with Gasteiger partial charge in [-0.15, -0.1) is 0 Å². The highest BCUT2D eigenvalue weighted by Crippen LogP contribution is 2.32. The van der Waals surface area contributed by atoms with E-state index in [-0.39, 0.29) is 23.6 Å². The summed E-state index contributed by atoms with van der Waals surface area (Å²) in [6.07, 6.45) is 0. The van der Waals surface area contributed by atoms with Crippen LogP contribution in [0.4, 0.5) is 5.69 Å². The largest absolute Gasteiger partial charge is 0.457 e. The molecule has 1 heterocycles. The first-order chi connectivity index (χ1) is 14.8. The zero-order chi connectivity index (χ0) is 22.2. The van der Waals surface area contributed by atoms with Crippen molar-refractivity contribution >= 4 is 21.7 Å². The third-order valence-electron chi connectivity index (χ3n) is 5.46. The van der Waals surface area contributed by atoms with Crippen LogP contribution in [0.2, 0.25) is 0 Å². The van der Waals surface area contributed by atoms with Crippen LogP contribution in [-0.4, -0.2) is 14.4 Å². The van der Waals surface area contributed by atoms with E-state index >= 15 is 0 Å². The van der Waals surface area contributed by atoms with Gasteiger partial charge in [0.2, 0.25) is 0 Å². The van der Waals surface area contributed by atoms with Gasteiger partial charge in [0.25, 0.3) is 10.0 Å². The topological polar surface area (TPSA) is 87.5 Å². The smallest absolute Gasteiger partial charge is 0.338 e. The van der Waals surface area contributed by atoms with E-state index in [1.54, 1.807) is 30.3 Å². The summed E-state index contributed by atoms with van der Waals surface area (Å²) in [7, 11) is -4.02. The second-order valence-corrected chi connectivity index (χ2v) is 9.30. The number of fused-ring (bicyclic) bond motifs is 1. The number of esters is 1. The van der Waals surface area contributed by atoms with Crippen LogP contribution in [-0.2, 0) is 27.9 Å². The van der Waals surface area contributed by atoms with E-state index < -0.39 is 16.0 Å². The molecule has 4 rings (SSSR count). The van der Waals surface area contributed by atoms with E-state index in [4.69, 9.17) is 4.74 Å². The van der Waals surface area contributed by atoms with E-state index in [1.165, 1.54) is 16.4 Å². The molecule has 3 aromatic rings. The predicted molar refractivity (Wildman–Crippen MR) is 116 cm³/mol. The van der Waals surface area contributed by atoms with Gasteiger partial charge < -0.3 is 4.74 Å². The number of carbonyl (C=O) groups excluding carboxylic acids is 1. The van der Waals surface area contributed by atoms with Gasteiger partial charge in [-0.1, -0.05) is 30.3 Å². The first-order valence-electron chi connectivity index (χ1n) is 9.69. The summed E-state index contributed by atoms with van der Waals surface area (Å²) in [5.41, 5.74) is 4.52. The number of hydrogen-bond acceptors (Lipinski definition) is 5. The van der Waals surface area contributed by atoms with Crippen molar-refractivity contribution in [1.82, 2.24) is 0 Å². The Bertz CT molecular complexity index is 1320. The number of nitriles is 1. The lowest BCUT2D eigenvalue weighted by Crippen LogP contribution is -2.31. The van der Waals surface area contributed by atoms with Crippen molar-refractivity contribution in [2.45, 2.75) is 31.9 Å². The Morgan fingerprint density at radius 3 is 2.45 bits per heavy atom. The molecule has 0 atom stereocenters. The molecule has 0 saturated carbocycles. The average Bonchev–Trinajstić information content (AvgIpc) is 3.13. The Labute approximate surface area is 181 Å². The molecule has 156 valence electrons. The van der Waals surface area contributed by atoms with Crippen molar-refractivity contribution in [1.29, 1.82) is 5.26 Å². The maximum atomic E-state index is 13.7. The molecule has 0 unspecified atom stereocenters. The highest BCUT2D eigenvalue weighted by Gasteiger charge is 2.29. The van der Waals surface area contributed by atoms with Crippen LogP contribution in [0.25, 0.3) is 0 Å². The molecule has 6 nitrogen and oxygen atoms in total. The number of nitrogens with zero attached hydrogens (tertiary/aromatic N) is 2. The second-order valence-electron chi connectivity index (χ2n) is 7.44. The molecule has 0 radical (unpaired) electrons. The zero-order valence-corrected chi connectivity index (χ0v) is 17.9. The Morgan fingerprint density at radius 1 is 1.03 bits per heavy atom. The van der Waals surface area contributed by atoms with Gasteiger partial charge in [-0.05, 0) is 60.9 Å². The first-order valence-corrected chi connectivity index (χ1v) is 11.1. The zero-order valence-electron chi connectivity index (χ0n) is 17.1. The summed E-state index contributed by atoms with van der Waals surface area (Å²) in [5.74, 6) is -0.465. The number of sulfonamides is 1. The minimum absolute atomic E-state index is 0.0147. The number of carbonyl (C=O) groups is 1. The van der Waals surface area contributed by atoms with Crippen LogP contribution in [0.5, 0.6) is 0 Å². The molecule has 0 fully saturated rings. The minimum atomic E-state index is -4.02. The number of ether oxygens (including phenoxy) is 1. The number of hydrogen-bond donors (Lipinski definition) is 0. The number of benzene rings is 3. The predicted octanol–water partition coefficient (Wildman–Crippen LogP) is 4.24. The van der Waals surface area contributed by atoms with Gasteiger partial charge in [-0.2, -0.15) is 5.26 Å². The molecular formula is C24H20N2O4S. The molecule has 0 spiro atoms. The van der Waals surface area contributed by atoms with E-state index in [0.717, 1.165) is 22.3 Å². The third-order valence-corrected chi connectivity index (χ3v) is 7.23. The van der Waals surface area contributed by atoms with Crippen molar-refractivity contribution in [3.63, 3.8) is 0 Å². The fourth-order valence-corrected chi connectivity index (χ4v) is 5.14. The molecule has 0 aromatic heterocycles. The van der Waals surface area contributed by atoms with Crippen molar-refractivity contribution in [3.05, 3.63) is 94.0 Å². The first kappa shape index (κ1) is 20.6. The summed E-state index contributed by atoms with van der Waals surface area (Å²) in [4.78, 5) is 12.1. The SMILES string of the molecule is Cc1cccc(C)c1CN(c1ccc2c(c1)C(=O)OC2)S(=O)(=O)c1cccc(C#N)c1. The normalized spacial score (nSPS) is 12.7. The molecule has 1 aliphatic rings. The van der Waals surface area contributed by atoms with Gasteiger partial charge in [0.1, 0.15) is 6.61 Å². The summed E-state index contributed by atoms with van der Waals surface area (Å²) >= 11 is 0. The van der Waals surface area contributed by atoms with Crippen LogP contribution in [0.15, 0.2) is 65.6 Å². The van der Waals surface area contributed by atoms with Crippen molar-refractivity contribution in [2.24, 2.45) is 0 Å². The van der Waals surface area contributed by atoms with Gasteiger partial charge in [-0.3, -0.25) is 4.31 Å². The number of rotatable bonds is 5. The Balaban J connectivity index is 1.88. The lowest BCUT2D eigenvalue weighted by atomic mass is 10.0. The molecule has 0 bridgehead atoms. The Kier molecular flexibility index (Phi) is 5.25. The van der Waals surface area contributed by atoms with Gasteiger partial charge in [-0.25, -0.2) is 13.2 Å². The molecule has 0 aliphatic carbocycles. The van der Waals surface area contributed by atoms with Crippen molar-refractivity contribution in [2.75, 3.05) is 4.31 Å². The Hall–Kier alpha value is -3.63. The van der Waals surface area contributed by atoms with Crippen molar-refractivity contribution in [3.8, 4) is 6.07 Å². The molecule has 7 heteroatoms. The molecule has 3 aromatic carbocycles. The van der Waals surface area contributed by atoms with Gasteiger partial charge >= 0.3 is 5.97 Å². The van der Waals surface area contributed by atoms with Gasteiger partial charge in [0, 0.05) is 5.56 Å². The summed E-state index contributed by atoms with van der Waals surface area (Å²) in [6.45, 7) is 4.14. The third kappa shape index (κ3) is 3.78. The standard InChI is InChI=1S/C24H20N2O4S/c1-16-5-3-6-17(2)23(16)14-26(20-10-9-19-15-30-24(27)22(19)12-20)31(28,29)21-8-4-7-18(11-21)13-25/h3-12H,14-15H2,1-2H3. The minimum Gasteiger partial charge on any atom is -0.457 e. The quantitative estimate of drug-likeness (QED) is 0.563.